The molecule has 0 radical (unpaired) electrons. The van der Waals surface area contributed by atoms with Crippen LogP contribution in [0, 0.1) is 6.07 Å². The number of para-hydroxylation sites is 1. The molecule has 1 aliphatic carbocycles. The fraction of sp³-hybridized carbons (Fsp3) is 0.194. The molecule has 0 fully saturated rings. The number of hydrogen-bond acceptors (Lipinski definition) is 5. The summed E-state index contributed by atoms with van der Waals surface area (Å²) < 4.78 is 15.2. The normalized spacial score (nSPS) is 13.9. The molecule has 0 aliphatic heterocycles. The Kier molecular flexibility index (Phi) is 10.5. The van der Waals surface area contributed by atoms with Crippen molar-refractivity contribution < 1.29 is 35.0 Å². The van der Waals surface area contributed by atoms with Crippen molar-refractivity contribution in [3.8, 4) is 67.7 Å². The average molecular weight is 1080 g/mol. The molecule has 4 aromatic heterocycles. The summed E-state index contributed by atoms with van der Waals surface area (Å²) in [5, 5.41) is 16.0. The van der Waals surface area contributed by atoms with Crippen LogP contribution in [0.5, 0.6) is 5.75 Å². The van der Waals surface area contributed by atoms with Crippen molar-refractivity contribution in [1.82, 2.24) is 14.5 Å². The number of fused-ring (bicyclic) bond motifs is 9. The first-order valence-corrected chi connectivity index (χ1v) is 23.7. The molecule has 0 saturated heterocycles. The van der Waals surface area contributed by atoms with Crippen molar-refractivity contribution in [1.29, 1.82) is 0 Å². The molecule has 0 atom stereocenters. The Hall–Kier alpha value is -7.01. The molecule has 0 spiro atoms. The Balaban J connectivity index is 0.00000520. The Morgan fingerprint density at radius 2 is 1.25 bits per heavy atom. The van der Waals surface area contributed by atoms with Crippen LogP contribution < -0.4 is 0 Å². The van der Waals surface area contributed by atoms with E-state index in [4.69, 9.17) is 18.8 Å². The van der Waals surface area contributed by atoms with Gasteiger partial charge in [-0.15, -0.1) is 12.1 Å². The monoisotopic (exact) mass is 1080 g/mol. The van der Waals surface area contributed by atoms with Crippen molar-refractivity contribution in [2.45, 2.75) is 78.1 Å². The largest absolute Gasteiger partial charge is 0.507 e. The third-order valence-corrected chi connectivity index (χ3v) is 15.1. The maximum atomic E-state index is 11.9. The van der Waals surface area contributed by atoms with Gasteiger partial charge in [-0.05, 0) is 116 Å². The first-order valence-electron chi connectivity index (χ1n) is 23.7. The Morgan fingerprint density at radius 1 is 0.580 bits per heavy atom. The Bertz CT molecular complexity index is 3800. The molecule has 6 nitrogen and oxygen atoms in total. The summed E-state index contributed by atoms with van der Waals surface area (Å²) in [5.41, 5.74) is 16.2. The minimum Gasteiger partial charge on any atom is -0.507 e. The number of furan rings is 2. The van der Waals surface area contributed by atoms with Crippen LogP contribution in [0.25, 0.3) is 106 Å². The number of aromatic hydroxyl groups is 1. The van der Waals surface area contributed by atoms with E-state index in [1.807, 2.05) is 36.4 Å². The van der Waals surface area contributed by atoms with Crippen LogP contribution >= 0.6 is 0 Å². The van der Waals surface area contributed by atoms with Crippen LogP contribution in [0.15, 0.2) is 161 Å². The first-order chi connectivity index (χ1) is 32.8. The number of hydrogen-bond donors (Lipinski definition) is 1. The van der Waals surface area contributed by atoms with Gasteiger partial charge in [0, 0.05) is 54.7 Å². The molecule has 7 heteroatoms. The second-order valence-electron chi connectivity index (χ2n) is 20.3. The molecule has 69 heavy (non-hydrogen) atoms. The number of imidazole rings is 1. The predicted molar refractivity (Wildman–Crippen MR) is 278 cm³/mol. The Morgan fingerprint density at radius 3 is 2.00 bits per heavy atom. The standard InChI is InChI=1S/C62H52N3O3.Pt/c1-35(2)40-28-41(36(3)4)30-42(29-40)65-34-50(64-60(65)44-19-14-23-55-56(44)47-31-38(24-26-54(47)68-55)37-16-10-9-11-17-37)49-33-45(39-25-27-53-46(32-39)43-18-12-13-22-52(43)67-53)58-59(63-49)57-48(20-15-21-51(57)66)61(5,6)62(58,7)8;/h9-18,20-36,66H,1-8H3;/q-1;. The van der Waals surface area contributed by atoms with E-state index in [1.54, 1.807) is 6.07 Å². The number of nitrogens with zero attached hydrogens (tertiary/aromatic N) is 3. The van der Waals surface area contributed by atoms with Gasteiger partial charge in [-0.3, -0.25) is 4.98 Å². The zero-order chi connectivity index (χ0) is 46.8. The van der Waals surface area contributed by atoms with Crippen molar-refractivity contribution in [2.75, 3.05) is 0 Å². The molecule has 1 aliphatic rings. The van der Waals surface area contributed by atoms with Gasteiger partial charge in [0.15, 0.2) is 0 Å². The quantitative estimate of drug-likeness (QED) is 0.161. The molecular weight excluding hydrogens is 1030 g/mol. The fourth-order valence-corrected chi connectivity index (χ4v) is 10.7. The minimum absolute atomic E-state index is 0. The molecule has 1 N–H and O–H groups in total. The maximum Gasteiger partial charge on any atom is 0.135 e. The summed E-state index contributed by atoms with van der Waals surface area (Å²) in [6.45, 7) is 18.2. The number of rotatable bonds is 7. The van der Waals surface area contributed by atoms with E-state index in [2.05, 4.69) is 175 Å². The molecule has 0 saturated carbocycles. The molecule has 0 bridgehead atoms. The van der Waals surface area contributed by atoms with Gasteiger partial charge in [0.05, 0.1) is 28.5 Å². The van der Waals surface area contributed by atoms with Gasteiger partial charge in [-0.1, -0.05) is 157 Å². The van der Waals surface area contributed by atoms with Gasteiger partial charge in [-0.25, -0.2) is 4.98 Å². The van der Waals surface area contributed by atoms with Crippen molar-refractivity contribution in [3.05, 3.63) is 180 Å². The number of phenolic OH excluding ortho intramolecular Hbond substituents is 1. The van der Waals surface area contributed by atoms with Crippen molar-refractivity contribution >= 4 is 43.9 Å². The van der Waals surface area contributed by atoms with E-state index < -0.39 is 5.41 Å². The van der Waals surface area contributed by atoms with Crippen LogP contribution in [0.4, 0.5) is 0 Å². The number of aromatic nitrogens is 3. The predicted octanol–water partition coefficient (Wildman–Crippen LogP) is 16.7. The van der Waals surface area contributed by atoms with E-state index in [0.29, 0.717) is 23.2 Å². The number of benzene rings is 7. The topological polar surface area (TPSA) is 77.2 Å². The van der Waals surface area contributed by atoms with E-state index >= 15 is 0 Å². The van der Waals surface area contributed by atoms with Crippen LogP contribution in [0.2, 0.25) is 0 Å². The molecule has 11 aromatic rings. The second kappa shape index (κ2) is 16.3. The summed E-state index contributed by atoms with van der Waals surface area (Å²) in [6.07, 6.45) is 2.14. The van der Waals surface area contributed by atoms with Gasteiger partial charge in [-0.2, -0.15) is 0 Å². The van der Waals surface area contributed by atoms with Gasteiger partial charge >= 0.3 is 0 Å². The molecule has 7 aromatic carbocycles. The van der Waals surface area contributed by atoms with Crippen molar-refractivity contribution in [3.63, 3.8) is 0 Å². The van der Waals surface area contributed by atoms with Crippen molar-refractivity contribution in [2.24, 2.45) is 0 Å². The van der Waals surface area contributed by atoms with Gasteiger partial charge in [0.25, 0.3) is 0 Å². The Labute approximate surface area is 417 Å². The van der Waals surface area contributed by atoms with Gasteiger partial charge in [0.2, 0.25) is 0 Å². The van der Waals surface area contributed by atoms with E-state index in [9.17, 15) is 5.11 Å². The summed E-state index contributed by atoms with van der Waals surface area (Å²) in [5.74, 6) is 1.54. The third kappa shape index (κ3) is 6.93. The average Bonchev–Trinajstić information content (AvgIpc) is 4.07. The summed E-state index contributed by atoms with van der Waals surface area (Å²) >= 11 is 0. The summed E-state index contributed by atoms with van der Waals surface area (Å²) in [7, 11) is 0. The SMILES string of the molecule is CC(C)c1cc(C(C)C)cc(-n2cc(-c3cc(-c4ccc5oc6ccccc6c5c4)c4c(n3)-c3c(O)cccc3C(C)(C)C4(C)C)nc2-c2[c-]ccc3oc4ccc(-c5ccccc5)cc4c23)c1.[Pt]. The zero-order valence-corrected chi connectivity index (χ0v) is 42.3. The zero-order valence-electron chi connectivity index (χ0n) is 40.0. The second-order valence-corrected chi connectivity index (χ2v) is 20.3. The van der Waals surface area contributed by atoms with Gasteiger partial charge < -0.3 is 18.5 Å². The smallest absolute Gasteiger partial charge is 0.135 e. The summed E-state index contributed by atoms with van der Waals surface area (Å²) in [6, 6.07) is 54.2. The number of phenols is 1. The molecule has 4 heterocycles. The van der Waals surface area contributed by atoms with Crippen LogP contribution in [-0.4, -0.2) is 19.6 Å². The molecule has 0 unspecified atom stereocenters. The van der Waals surface area contributed by atoms with E-state index in [1.165, 1.54) is 11.1 Å². The fourth-order valence-electron chi connectivity index (χ4n) is 10.7. The van der Waals surface area contributed by atoms with Crippen LogP contribution in [0.3, 0.4) is 0 Å². The molecule has 12 rings (SSSR count). The molecule has 344 valence electrons. The maximum absolute atomic E-state index is 11.9. The third-order valence-electron chi connectivity index (χ3n) is 15.1. The van der Waals surface area contributed by atoms with E-state index in [-0.39, 0.29) is 32.2 Å². The minimum atomic E-state index is -0.419. The van der Waals surface area contributed by atoms with E-state index in [0.717, 1.165) is 106 Å². The van der Waals surface area contributed by atoms with Gasteiger partial charge in [0.1, 0.15) is 22.5 Å². The number of pyridine rings is 1. The first kappa shape index (κ1) is 44.5. The molecule has 0 amide bonds. The molecular formula is C62H52N3O3Pt-. The van der Waals surface area contributed by atoms with Crippen LogP contribution in [-0.2, 0) is 31.9 Å². The summed E-state index contributed by atoms with van der Waals surface area (Å²) in [4.78, 5) is 11.3. The van der Waals surface area contributed by atoms with Crippen LogP contribution in [0.1, 0.15) is 89.5 Å².